The van der Waals surface area contributed by atoms with Gasteiger partial charge < -0.3 is 9.72 Å². The van der Waals surface area contributed by atoms with E-state index in [9.17, 15) is 47.9 Å². The summed E-state index contributed by atoms with van der Waals surface area (Å²) < 4.78 is 144. The van der Waals surface area contributed by atoms with Crippen molar-refractivity contribution >= 4 is 26.7 Å². The summed E-state index contributed by atoms with van der Waals surface area (Å²) in [5.74, 6) is -0.516. The number of rotatable bonds is 6. The number of benzene rings is 3. The van der Waals surface area contributed by atoms with E-state index in [0.29, 0.717) is 16.6 Å². The first-order valence-electron chi connectivity index (χ1n) is 10.5. The first kappa shape index (κ1) is 28.1. The third-order valence-electron chi connectivity index (χ3n) is 5.25. The fourth-order valence-electron chi connectivity index (χ4n) is 3.49. The van der Waals surface area contributed by atoms with Crippen LogP contribution in [0.2, 0.25) is 0 Å². The number of H-pyrrole nitrogens is 1. The van der Waals surface area contributed by atoms with Crippen LogP contribution >= 0.6 is 0 Å². The second-order valence-electron chi connectivity index (χ2n) is 8.02. The molecule has 0 spiro atoms. The predicted octanol–water partition coefficient (Wildman–Crippen LogP) is 7.03. The van der Waals surface area contributed by atoms with Crippen LogP contribution in [0.5, 0.6) is 5.75 Å². The van der Waals surface area contributed by atoms with Gasteiger partial charge in [-0.15, -0.1) is 0 Å². The minimum Gasteiger partial charge on any atom is -0.471 e. The Morgan fingerprint density at radius 3 is 1.97 bits per heavy atom. The van der Waals surface area contributed by atoms with E-state index in [-0.39, 0.29) is 22.6 Å². The van der Waals surface area contributed by atoms with Crippen LogP contribution in [0.25, 0.3) is 33.5 Å². The molecular formula is C23H14F9N3O3S. The van der Waals surface area contributed by atoms with Crippen molar-refractivity contribution in [2.75, 3.05) is 4.72 Å². The minimum absolute atomic E-state index is 0.119. The summed E-state index contributed by atoms with van der Waals surface area (Å²) in [5.41, 5.74) is -4.46. The summed E-state index contributed by atoms with van der Waals surface area (Å²) in [6, 6.07) is 13.9. The molecule has 0 bridgehead atoms. The first-order valence-corrected chi connectivity index (χ1v) is 12.0. The smallest absolute Gasteiger partial charge is 0.471 e. The van der Waals surface area contributed by atoms with Crippen LogP contribution in [0.3, 0.4) is 0 Å². The number of halogens is 9. The average Bonchev–Trinajstić information content (AvgIpc) is 3.24. The Hall–Kier alpha value is -3.95. The number of ether oxygens (including phenoxy) is 1. The number of hydrogen-bond donors (Lipinski definition) is 2. The molecule has 3 aromatic carbocycles. The molecule has 0 amide bonds. The maximum Gasteiger partial charge on any atom is 0.516 e. The Labute approximate surface area is 213 Å². The number of imidazole rings is 1. The zero-order chi connectivity index (χ0) is 28.8. The lowest BCUT2D eigenvalue weighted by Gasteiger charge is -2.23. The Morgan fingerprint density at radius 2 is 1.38 bits per heavy atom. The molecule has 1 aromatic heterocycles. The molecule has 0 unspecified atom stereocenters. The van der Waals surface area contributed by atoms with Crippen molar-refractivity contribution in [2.24, 2.45) is 0 Å². The zero-order valence-corrected chi connectivity index (χ0v) is 19.7. The molecule has 0 atom stereocenters. The third kappa shape index (κ3) is 6.05. The van der Waals surface area contributed by atoms with E-state index >= 15 is 0 Å². The maximum atomic E-state index is 12.8. The molecule has 0 saturated carbocycles. The van der Waals surface area contributed by atoms with Crippen LogP contribution in [-0.2, 0) is 10.0 Å². The molecular weight excluding hydrogens is 569 g/mol. The molecule has 0 aliphatic rings. The number of aromatic amines is 1. The minimum atomic E-state index is -5.69. The van der Waals surface area contributed by atoms with Gasteiger partial charge in [0.25, 0.3) is 6.10 Å². The van der Waals surface area contributed by atoms with Gasteiger partial charge in [0, 0.05) is 11.1 Å². The highest BCUT2D eigenvalue weighted by Crippen LogP contribution is 2.37. The fourth-order valence-corrected chi connectivity index (χ4v) is 4.07. The van der Waals surface area contributed by atoms with Gasteiger partial charge in [0.2, 0.25) is 0 Å². The Kier molecular flexibility index (Phi) is 6.95. The number of anilines is 1. The lowest BCUT2D eigenvalue weighted by molar-refractivity contribution is -0.299. The molecule has 0 radical (unpaired) electrons. The van der Waals surface area contributed by atoms with E-state index in [2.05, 4.69) is 14.7 Å². The summed E-state index contributed by atoms with van der Waals surface area (Å²) in [6.45, 7) is 0. The van der Waals surface area contributed by atoms with Crippen molar-refractivity contribution in [3.8, 4) is 28.3 Å². The molecule has 6 nitrogen and oxygen atoms in total. The molecule has 2 N–H and O–H groups in total. The normalized spacial score (nSPS) is 13.2. The predicted molar refractivity (Wildman–Crippen MR) is 122 cm³/mol. The average molecular weight is 583 g/mol. The first-order chi connectivity index (χ1) is 18.0. The summed E-state index contributed by atoms with van der Waals surface area (Å²) in [7, 11) is -5.69. The van der Waals surface area contributed by atoms with E-state index in [4.69, 9.17) is 0 Å². The van der Waals surface area contributed by atoms with Crippen LogP contribution < -0.4 is 9.46 Å². The summed E-state index contributed by atoms with van der Waals surface area (Å²) in [5, 5.41) is 0. The van der Waals surface area contributed by atoms with Crippen molar-refractivity contribution in [2.45, 2.75) is 24.0 Å². The second kappa shape index (κ2) is 9.66. The Morgan fingerprint density at radius 1 is 0.795 bits per heavy atom. The molecule has 1 heterocycles. The maximum absolute atomic E-state index is 12.8. The quantitative estimate of drug-likeness (QED) is 0.239. The number of nitrogens with one attached hydrogen (secondary N) is 2. The van der Waals surface area contributed by atoms with Crippen LogP contribution in [-0.4, -0.2) is 42.4 Å². The molecule has 39 heavy (non-hydrogen) atoms. The number of hydrogen-bond acceptors (Lipinski definition) is 4. The number of fused-ring (bicyclic) bond motifs is 1. The highest BCUT2D eigenvalue weighted by molar-refractivity contribution is 7.93. The molecule has 0 fully saturated rings. The number of sulfonamides is 1. The summed E-state index contributed by atoms with van der Waals surface area (Å²) >= 11 is 0. The van der Waals surface area contributed by atoms with Crippen LogP contribution in [0.1, 0.15) is 0 Å². The van der Waals surface area contributed by atoms with E-state index in [1.807, 2.05) is 0 Å². The van der Waals surface area contributed by atoms with Gasteiger partial charge >= 0.3 is 27.9 Å². The van der Waals surface area contributed by atoms with Crippen LogP contribution in [0.15, 0.2) is 66.7 Å². The van der Waals surface area contributed by atoms with Gasteiger partial charge in [0.05, 0.1) is 16.7 Å². The SMILES string of the molecule is O=S(=O)(Nc1ccccc1-c1ccc2nc(-c3ccc(OC(C(F)(F)F)C(F)(F)F)cc3)[nH]c2c1)C(F)(F)F. The number of para-hydroxylation sites is 1. The van der Waals surface area contributed by atoms with Crippen molar-refractivity contribution in [3.05, 3.63) is 66.7 Å². The molecule has 0 aliphatic heterocycles. The highest BCUT2D eigenvalue weighted by Gasteiger charge is 2.59. The lowest BCUT2D eigenvalue weighted by Crippen LogP contribution is -2.46. The highest BCUT2D eigenvalue weighted by atomic mass is 32.2. The van der Waals surface area contributed by atoms with Gasteiger partial charge in [0.15, 0.2) is 0 Å². The Bertz CT molecular complexity index is 1580. The fraction of sp³-hybridized carbons (Fsp3) is 0.174. The topological polar surface area (TPSA) is 84.1 Å². The van der Waals surface area contributed by atoms with Crippen molar-refractivity contribution in [1.29, 1.82) is 0 Å². The van der Waals surface area contributed by atoms with E-state index in [1.165, 1.54) is 53.3 Å². The van der Waals surface area contributed by atoms with E-state index in [0.717, 1.165) is 18.2 Å². The summed E-state index contributed by atoms with van der Waals surface area (Å²) in [6.07, 6.45) is -15.4. The van der Waals surface area contributed by atoms with Crippen molar-refractivity contribution < 1.29 is 52.7 Å². The van der Waals surface area contributed by atoms with Crippen molar-refractivity contribution in [1.82, 2.24) is 9.97 Å². The van der Waals surface area contributed by atoms with Gasteiger partial charge in [-0.3, -0.25) is 4.72 Å². The van der Waals surface area contributed by atoms with Crippen LogP contribution in [0, 0.1) is 0 Å². The molecule has 4 aromatic rings. The van der Waals surface area contributed by atoms with E-state index in [1.54, 1.807) is 0 Å². The van der Waals surface area contributed by atoms with Gasteiger partial charge in [-0.2, -0.15) is 47.9 Å². The number of alkyl halides is 9. The molecule has 4 rings (SSSR count). The summed E-state index contributed by atoms with van der Waals surface area (Å²) in [4.78, 5) is 7.18. The molecule has 0 saturated heterocycles. The van der Waals surface area contributed by atoms with Crippen molar-refractivity contribution in [3.63, 3.8) is 0 Å². The monoisotopic (exact) mass is 583 g/mol. The standard InChI is InChI=1S/C23H14F9N3O3S/c24-21(25,26)20(22(27,28)29)38-14-8-5-12(6-9-14)19-33-17-10-7-13(11-18(17)34-19)15-3-1-2-4-16(15)35-39(36,37)23(30,31)32/h1-11,20,35H,(H,33,34). The zero-order valence-electron chi connectivity index (χ0n) is 18.9. The third-order valence-corrected chi connectivity index (χ3v) is 6.34. The van der Waals surface area contributed by atoms with Gasteiger partial charge in [-0.25, -0.2) is 4.98 Å². The van der Waals surface area contributed by atoms with Gasteiger partial charge in [-0.1, -0.05) is 24.3 Å². The second-order valence-corrected chi connectivity index (χ2v) is 9.69. The Balaban J connectivity index is 1.62. The lowest BCUT2D eigenvalue weighted by atomic mass is 10.0. The van der Waals surface area contributed by atoms with Gasteiger partial charge in [0.1, 0.15) is 11.6 Å². The number of nitrogens with zero attached hydrogens (tertiary/aromatic N) is 1. The number of aromatic nitrogens is 2. The van der Waals surface area contributed by atoms with E-state index < -0.39 is 39.7 Å². The van der Waals surface area contributed by atoms with Crippen LogP contribution in [0.4, 0.5) is 45.2 Å². The largest absolute Gasteiger partial charge is 0.516 e. The molecule has 0 aliphatic carbocycles. The van der Waals surface area contributed by atoms with Gasteiger partial charge in [-0.05, 0) is 48.0 Å². The molecule has 16 heteroatoms. The molecule has 208 valence electrons.